The molecule has 122 valence electrons. The van der Waals surface area contributed by atoms with Gasteiger partial charge in [-0.2, -0.15) is 0 Å². The summed E-state index contributed by atoms with van der Waals surface area (Å²) in [6.07, 6.45) is 1.12. The third-order valence-corrected chi connectivity index (χ3v) is 3.91. The van der Waals surface area contributed by atoms with Gasteiger partial charge in [0.2, 0.25) is 0 Å². The Morgan fingerprint density at radius 1 is 1.21 bits per heavy atom. The van der Waals surface area contributed by atoms with Gasteiger partial charge in [-0.3, -0.25) is 10.1 Å². The maximum atomic E-state index is 11.0. The molecule has 0 saturated carbocycles. The molecule has 0 saturated heterocycles. The minimum absolute atomic E-state index is 0.0252. The molecule has 6 nitrogen and oxygen atoms in total. The Labute approximate surface area is 142 Å². The Morgan fingerprint density at radius 2 is 1.96 bits per heavy atom. The fourth-order valence-electron chi connectivity index (χ4n) is 2.34. The number of methoxy groups -OCH3 is 1. The Bertz CT molecular complexity index is 900. The van der Waals surface area contributed by atoms with E-state index in [0.29, 0.717) is 29.0 Å². The largest absolute Gasteiger partial charge is 0.493 e. The van der Waals surface area contributed by atoms with Crippen LogP contribution in [0.2, 0.25) is 5.02 Å². The molecular weight excluding hydrogens is 332 g/mol. The number of hydrogen-bond acceptors (Lipinski definition) is 5. The molecule has 0 amide bonds. The van der Waals surface area contributed by atoms with Gasteiger partial charge >= 0.3 is 5.69 Å². The lowest BCUT2D eigenvalue weighted by molar-refractivity contribution is -0.384. The summed E-state index contributed by atoms with van der Waals surface area (Å²) in [7, 11) is 1.52. The zero-order chi connectivity index (χ0) is 17.1. The Hall–Kier alpha value is -2.86. The van der Waals surface area contributed by atoms with Crippen molar-refractivity contribution in [3.63, 3.8) is 0 Å². The van der Waals surface area contributed by atoms with Gasteiger partial charge in [-0.1, -0.05) is 41.9 Å². The number of halogens is 1. The summed E-state index contributed by atoms with van der Waals surface area (Å²) in [5.74, 6) is 0.881. The van der Waals surface area contributed by atoms with Crippen molar-refractivity contribution < 1.29 is 14.4 Å². The van der Waals surface area contributed by atoms with Crippen molar-refractivity contribution in [3.05, 3.63) is 69.4 Å². The highest BCUT2D eigenvalue weighted by molar-refractivity contribution is 6.37. The topological polar surface area (TPSA) is 74.5 Å². The number of rotatable bonds is 5. The quantitative estimate of drug-likeness (QED) is 0.507. The molecule has 3 aromatic rings. The molecule has 0 N–H and O–H groups in total. The molecule has 0 unspecified atom stereocenters. The first kappa shape index (κ1) is 16.0. The van der Waals surface area contributed by atoms with Crippen LogP contribution in [0, 0.1) is 10.1 Å². The molecule has 0 fully saturated rings. The van der Waals surface area contributed by atoms with E-state index in [-0.39, 0.29) is 10.7 Å². The SMILES string of the molecule is COc1ccc2c(Cl)c([N+](=O)[O-])cnc2c1OCc1ccccc1. The number of aromatic nitrogens is 1. The minimum Gasteiger partial charge on any atom is -0.493 e. The second kappa shape index (κ2) is 6.72. The highest BCUT2D eigenvalue weighted by Gasteiger charge is 2.20. The Morgan fingerprint density at radius 3 is 2.62 bits per heavy atom. The molecule has 2 aromatic carbocycles. The van der Waals surface area contributed by atoms with Crippen molar-refractivity contribution in [1.82, 2.24) is 4.98 Å². The fraction of sp³-hybridized carbons (Fsp3) is 0.118. The van der Waals surface area contributed by atoms with Crippen LogP contribution in [0.25, 0.3) is 10.9 Å². The van der Waals surface area contributed by atoms with Crippen LogP contribution in [0.5, 0.6) is 11.5 Å². The molecule has 0 spiro atoms. The zero-order valence-corrected chi connectivity index (χ0v) is 13.5. The molecule has 0 aliphatic rings. The molecule has 0 radical (unpaired) electrons. The van der Waals surface area contributed by atoms with Crippen LogP contribution in [-0.2, 0) is 6.61 Å². The van der Waals surface area contributed by atoms with E-state index < -0.39 is 4.92 Å². The highest BCUT2D eigenvalue weighted by Crippen LogP contribution is 2.40. The number of pyridine rings is 1. The summed E-state index contributed by atoms with van der Waals surface area (Å²) in [5, 5.41) is 11.5. The Balaban J connectivity index is 2.07. The van der Waals surface area contributed by atoms with Gasteiger partial charge in [0.1, 0.15) is 23.3 Å². The lowest BCUT2D eigenvalue weighted by Crippen LogP contribution is -2.00. The fourth-order valence-corrected chi connectivity index (χ4v) is 2.61. The van der Waals surface area contributed by atoms with E-state index in [1.165, 1.54) is 7.11 Å². The lowest BCUT2D eigenvalue weighted by atomic mass is 10.1. The predicted molar refractivity (Wildman–Crippen MR) is 90.7 cm³/mol. The molecule has 0 atom stereocenters. The minimum atomic E-state index is -0.566. The number of nitro groups is 1. The second-order valence-corrected chi connectivity index (χ2v) is 5.36. The van der Waals surface area contributed by atoms with Gasteiger partial charge in [0.15, 0.2) is 11.5 Å². The summed E-state index contributed by atoms with van der Waals surface area (Å²) in [4.78, 5) is 14.6. The first-order valence-electron chi connectivity index (χ1n) is 7.08. The van der Waals surface area contributed by atoms with Crippen LogP contribution in [0.1, 0.15) is 5.56 Å². The van der Waals surface area contributed by atoms with E-state index >= 15 is 0 Å². The number of ether oxygens (including phenoxy) is 2. The molecule has 1 heterocycles. The number of benzene rings is 2. The van der Waals surface area contributed by atoms with Gasteiger partial charge in [-0.25, -0.2) is 4.98 Å². The molecule has 24 heavy (non-hydrogen) atoms. The molecule has 7 heteroatoms. The normalized spacial score (nSPS) is 10.6. The maximum absolute atomic E-state index is 11.0. The van der Waals surface area contributed by atoms with Crippen LogP contribution < -0.4 is 9.47 Å². The molecule has 3 rings (SSSR count). The van der Waals surface area contributed by atoms with Gasteiger partial charge < -0.3 is 9.47 Å². The summed E-state index contributed by atoms with van der Waals surface area (Å²) < 4.78 is 11.2. The summed E-state index contributed by atoms with van der Waals surface area (Å²) in [5.41, 5.74) is 1.15. The van der Waals surface area contributed by atoms with E-state index in [0.717, 1.165) is 11.8 Å². The number of nitrogens with zero attached hydrogens (tertiary/aromatic N) is 2. The van der Waals surface area contributed by atoms with Crippen LogP contribution in [0.15, 0.2) is 48.7 Å². The summed E-state index contributed by atoms with van der Waals surface area (Å²) in [6, 6.07) is 12.9. The maximum Gasteiger partial charge on any atom is 0.306 e. The van der Waals surface area contributed by atoms with Crippen LogP contribution in [0.3, 0.4) is 0 Å². The smallest absolute Gasteiger partial charge is 0.306 e. The number of hydrogen-bond donors (Lipinski definition) is 0. The van der Waals surface area contributed by atoms with Crippen molar-refractivity contribution in [2.75, 3.05) is 7.11 Å². The van der Waals surface area contributed by atoms with E-state index in [2.05, 4.69) is 4.98 Å². The van der Waals surface area contributed by atoms with Crippen LogP contribution >= 0.6 is 11.6 Å². The van der Waals surface area contributed by atoms with E-state index in [1.807, 2.05) is 30.3 Å². The van der Waals surface area contributed by atoms with Crippen LogP contribution in [0.4, 0.5) is 5.69 Å². The van der Waals surface area contributed by atoms with Crippen LogP contribution in [-0.4, -0.2) is 17.0 Å². The third kappa shape index (κ3) is 2.96. The first-order valence-corrected chi connectivity index (χ1v) is 7.46. The third-order valence-electron chi connectivity index (χ3n) is 3.52. The lowest BCUT2D eigenvalue weighted by Gasteiger charge is -2.13. The van der Waals surface area contributed by atoms with Gasteiger partial charge in [-0.05, 0) is 17.7 Å². The van der Waals surface area contributed by atoms with Crippen molar-refractivity contribution in [2.24, 2.45) is 0 Å². The average molecular weight is 345 g/mol. The van der Waals surface area contributed by atoms with Gasteiger partial charge in [0.05, 0.1) is 12.0 Å². The van der Waals surface area contributed by atoms with Crippen molar-refractivity contribution in [2.45, 2.75) is 6.61 Å². The Kier molecular flexibility index (Phi) is 4.48. The standard InChI is InChI=1S/C17H13ClN2O4/c1-23-14-8-7-12-15(18)13(20(21)22)9-19-16(12)17(14)24-10-11-5-3-2-4-6-11/h2-9H,10H2,1H3. The van der Waals surface area contributed by atoms with Crippen molar-refractivity contribution in [3.8, 4) is 11.5 Å². The monoisotopic (exact) mass is 344 g/mol. The summed E-state index contributed by atoms with van der Waals surface area (Å²) in [6.45, 7) is 0.312. The molecule has 0 bridgehead atoms. The molecule has 0 aliphatic heterocycles. The number of fused-ring (bicyclic) bond motifs is 1. The second-order valence-electron chi connectivity index (χ2n) is 4.98. The van der Waals surface area contributed by atoms with Crippen molar-refractivity contribution >= 4 is 28.2 Å². The van der Waals surface area contributed by atoms with E-state index in [4.69, 9.17) is 21.1 Å². The van der Waals surface area contributed by atoms with Crippen molar-refractivity contribution in [1.29, 1.82) is 0 Å². The van der Waals surface area contributed by atoms with Gasteiger partial charge in [0.25, 0.3) is 0 Å². The molecular formula is C17H13ClN2O4. The molecule has 1 aromatic heterocycles. The average Bonchev–Trinajstić information content (AvgIpc) is 2.60. The first-order chi connectivity index (χ1) is 11.6. The zero-order valence-electron chi connectivity index (χ0n) is 12.7. The molecule has 0 aliphatic carbocycles. The van der Waals surface area contributed by atoms with Gasteiger partial charge in [0, 0.05) is 5.39 Å². The predicted octanol–water partition coefficient (Wildman–Crippen LogP) is 4.38. The highest BCUT2D eigenvalue weighted by atomic mass is 35.5. The summed E-state index contributed by atoms with van der Waals surface area (Å²) >= 11 is 6.14. The van der Waals surface area contributed by atoms with E-state index in [1.54, 1.807) is 12.1 Å². The van der Waals surface area contributed by atoms with Gasteiger partial charge in [-0.15, -0.1) is 0 Å². The van der Waals surface area contributed by atoms with E-state index in [9.17, 15) is 10.1 Å².